The lowest BCUT2D eigenvalue weighted by Gasteiger charge is -2.32. The number of pyridine rings is 2. The Bertz CT molecular complexity index is 1510. The predicted molar refractivity (Wildman–Crippen MR) is 155 cm³/mol. The molecule has 1 aromatic carbocycles. The average molecular weight is 504 g/mol. The number of hydrogen-bond donors (Lipinski definition) is 1. The third kappa shape index (κ3) is 5.17. The van der Waals surface area contributed by atoms with Crippen molar-refractivity contribution < 1.29 is 0 Å². The van der Waals surface area contributed by atoms with Gasteiger partial charge in [0.25, 0.3) is 0 Å². The molecule has 38 heavy (non-hydrogen) atoms. The van der Waals surface area contributed by atoms with E-state index in [1.807, 2.05) is 42.2 Å². The minimum Gasteiger partial charge on any atom is -0.383 e. The van der Waals surface area contributed by atoms with Gasteiger partial charge in [-0.1, -0.05) is 43.7 Å². The first kappa shape index (κ1) is 25.2. The summed E-state index contributed by atoms with van der Waals surface area (Å²) >= 11 is 0. The van der Waals surface area contributed by atoms with Crippen molar-refractivity contribution in [1.82, 2.24) is 29.3 Å². The highest BCUT2D eigenvalue weighted by Gasteiger charge is 2.19. The van der Waals surface area contributed by atoms with E-state index in [9.17, 15) is 0 Å². The van der Waals surface area contributed by atoms with Gasteiger partial charge in [0.15, 0.2) is 11.5 Å². The minimum atomic E-state index is 0.437. The number of allylic oxidation sites excluding steroid dienone is 4. The van der Waals surface area contributed by atoms with Crippen LogP contribution in [0.3, 0.4) is 0 Å². The monoisotopic (exact) mass is 503 g/mol. The number of benzene rings is 1. The first-order valence-electron chi connectivity index (χ1n) is 13.1. The van der Waals surface area contributed by atoms with Gasteiger partial charge in [0.05, 0.1) is 11.3 Å². The standard InChI is InChI=1S/C31H33N7/c1-4-8-24(9-5-2)27-15-16-28-31(34-27)38(30(35-28)26-10-7-17-33-29(26)32)25-13-11-23(12-14-25)22-37-20-18-36(6-3)19-21-37/h3-4,7-17H,5,18-22H2,1-2H3,(H2,32,33)/b8-4-,24-9+. The molecule has 0 unspecified atom stereocenters. The molecule has 1 aliphatic rings. The Morgan fingerprint density at radius 3 is 2.53 bits per heavy atom. The maximum atomic E-state index is 6.30. The third-order valence-corrected chi connectivity index (χ3v) is 6.81. The van der Waals surface area contributed by atoms with Crippen molar-refractivity contribution in [2.45, 2.75) is 26.8 Å². The van der Waals surface area contributed by atoms with Crippen molar-refractivity contribution in [3.05, 3.63) is 84.2 Å². The minimum absolute atomic E-state index is 0.437. The summed E-state index contributed by atoms with van der Waals surface area (Å²) in [4.78, 5) is 18.8. The molecule has 0 aliphatic carbocycles. The molecule has 0 radical (unpaired) electrons. The van der Waals surface area contributed by atoms with E-state index < -0.39 is 0 Å². The molecule has 0 amide bonds. The predicted octanol–water partition coefficient (Wildman–Crippen LogP) is 5.14. The molecule has 5 rings (SSSR count). The number of nitrogens with zero attached hydrogens (tertiary/aromatic N) is 6. The van der Waals surface area contributed by atoms with Crippen molar-refractivity contribution >= 4 is 22.6 Å². The summed E-state index contributed by atoms with van der Waals surface area (Å²) in [6, 6.07) is 19.3. The second-order valence-electron chi connectivity index (χ2n) is 9.37. The van der Waals surface area contributed by atoms with Gasteiger partial charge in [0.2, 0.25) is 0 Å². The van der Waals surface area contributed by atoms with Gasteiger partial charge in [-0.15, -0.1) is 0 Å². The first-order valence-corrected chi connectivity index (χ1v) is 13.1. The number of fused-ring (bicyclic) bond motifs is 1. The van der Waals surface area contributed by atoms with Crippen LogP contribution in [0.2, 0.25) is 0 Å². The fourth-order valence-electron chi connectivity index (χ4n) is 4.85. The summed E-state index contributed by atoms with van der Waals surface area (Å²) in [5.74, 6) is 1.16. The van der Waals surface area contributed by atoms with Crippen molar-refractivity contribution in [3.8, 4) is 29.5 Å². The van der Waals surface area contributed by atoms with Crippen LogP contribution in [0.15, 0.2) is 73.0 Å². The number of anilines is 1. The van der Waals surface area contributed by atoms with Gasteiger partial charge < -0.3 is 10.6 Å². The van der Waals surface area contributed by atoms with Gasteiger partial charge >= 0.3 is 0 Å². The van der Waals surface area contributed by atoms with E-state index in [-0.39, 0.29) is 0 Å². The van der Waals surface area contributed by atoms with E-state index in [0.29, 0.717) is 5.82 Å². The zero-order valence-electron chi connectivity index (χ0n) is 22.0. The molecule has 1 aliphatic heterocycles. The number of nitrogen functional groups attached to an aromatic ring is 1. The van der Waals surface area contributed by atoms with Crippen LogP contribution < -0.4 is 5.73 Å². The van der Waals surface area contributed by atoms with Crippen molar-refractivity contribution in [1.29, 1.82) is 0 Å². The molecular weight excluding hydrogens is 470 g/mol. The van der Waals surface area contributed by atoms with Crippen LogP contribution >= 0.6 is 0 Å². The number of nitrogens with two attached hydrogens (primary N) is 1. The van der Waals surface area contributed by atoms with E-state index in [1.54, 1.807) is 6.20 Å². The molecule has 7 nitrogen and oxygen atoms in total. The smallest absolute Gasteiger partial charge is 0.165 e. The summed E-state index contributed by atoms with van der Waals surface area (Å²) in [6.45, 7) is 8.79. The fraction of sp³-hybridized carbons (Fsp3) is 0.258. The van der Waals surface area contributed by atoms with Crippen LogP contribution in [0.4, 0.5) is 5.82 Å². The van der Waals surface area contributed by atoms with E-state index in [2.05, 4.69) is 63.8 Å². The molecule has 4 aromatic rings. The maximum absolute atomic E-state index is 6.30. The normalized spacial score (nSPS) is 14.9. The van der Waals surface area contributed by atoms with Crippen molar-refractivity contribution in [2.24, 2.45) is 0 Å². The lowest BCUT2D eigenvalue weighted by atomic mass is 10.1. The Morgan fingerprint density at radius 2 is 1.84 bits per heavy atom. The Hall–Kier alpha value is -4.41. The molecule has 0 spiro atoms. The zero-order valence-corrected chi connectivity index (χ0v) is 22.0. The molecule has 1 fully saturated rings. The van der Waals surface area contributed by atoms with Crippen LogP contribution in [0.5, 0.6) is 0 Å². The van der Waals surface area contributed by atoms with E-state index in [4.69, 9.17) is 22.1 Å². The Kier molecular flexibility index (Phi) is 7.52. The number of imidazole rings is 1. The van der Waals surface area contributed by atoms with Crippen LogP contribution in [-0.4, -0.2) is 55.5 Å². The molecule has 0 atom stereocenters. The largest absolute Gasteiger partial charge is 0.383 e. The number of rotatable bonds is 7. The second kappa shape index (κ2) is 11.3. The molecule has 192 valence electrons. The molecule has 3 aromatic heterocycles. The topological polar surface area (TPSA) is 76.1 Å². The van der Waals surface area contributed by atoms with Crippen molar-refractivity contribution in [2.75, 3.05) is 31.9 Å². The fourth-order valence-corrected chi connectivity index (χ4v) is 4.85. The molecule has 1 saturated heterocycles. The number of terminal acetylenes is 1. The highest BCUT2D eigenvalue weighted by Crippen LogP contribution is 2.31. The van der Waals surface area contributed by atoms with Gasteiger partial charge in [-0.05, 0) is 60.9 Å². The van der Waals surface area contributed by atoms with E-state index in [1.165, 1.54) is 5.56 Å². The average Bonchev–Trinajstić information content (AvgIpc) is 3.32. The summed E-state index contributed by atoms with van der Waals surface area (Å²) in [7, 11) is 0. The summed E-state index contributed by atoms with van der Waals surface area (Å²) in [5, 5.41) is 0. The summed E-state index contributed by atoms with van der Waals surface area (Å²) < 4.78 is 2.08. The van der Waals surface area contributed by atoms with Crippen molar-refractivity contribution in [3.63, 3.8) is 0 Å². The lowest BCUT2D eigenvalue weighted by Crippen LogP contribution is -2.43. The van der Waals surface area contributed by atoms with Gasteiger partial charge in [-0.3, -0.25) is 9.47 Å². The molecule has 4 heterocycles. The first-order chi connectivity index (χ1) is 18.6. The Balaban J connectivity index is 1.56. The SMILES string of the molecule is C#CN1CCN(Cc2ccc(-n3c(-c4cccnc4N)nc4ccc(C(/C=C\C)=C/CC)nc43)cc2)CC1. The molecule has 7 heteroatoms. The van der Waals surface area contributed by atoms with Crippen LogP contribution in [0.1, 0.15) is 31.5 Å². The number of aromatic nitrogens is 4. The molecular formula is C31H33N7. The van der Waals surface area contributed by atoms with E-state index >= 15 is 0 Å². The van der Waals surface area contributed by atoms with Crippen LogP contribution in [0, 0.1) is 12.5 Å². The summed E-state index contributed by atoms with van der Waals surface area (Å²) in [5.41, 5.74) is 12.9. The molecule has 0 saturated carbocycles. The second-order valence-corrected chi connectivity index (χ2v) is 9.37. The van der Waals surface area contributed by atoms with Crippen LogP contribution in [0.25, 0.3) is 33.8 Å². The molecule has 2 N–H and O–H groups in total. The van der Waals surface area contributed by atoms with Crippen LogP contribution in [-0.2, 0) is 6.54 Å². The highest BCUT2D eigenvalue weighted by molar-refractivity contribution is 5.85. The summed E-state index contributed by atoms with van der Waals surface area (Å²) in [6.07, 6.45) is 14.5. The maximum Gasteiger partial charge on any atom is 0.165 e. The van der Waals surface area contributed by atoms with Gasteiger partial charge in [-0.2, -0.15) is 0 Å². The highest BCUT2D eigenvalue weighted by atomic mass is 15.2. The van der Waals surface area contributed by atoms with Gasteiger partial charge in [0.1, 0.15) is 11.3 Å². The molecule has 0 bridgehead atoms. The third-order valence-electron chi connectivity index (χ3n) is 6.81. The van der Waals surface area contributed by atoms with Gasteiger partial charge in [-0.25, -0.2) is 15.0 Å². The quantitative estimate of drug-likeness (QED) is 0.278. The lowest BCUT2D eigenvalue weighted by molar-refractivity contribution is 0.169. The number of piperazine rings is 1. The van der Waals surface area contributed by atoms with E-state index in [0.717, 1.165) is 78.7 Å². The van der Waals surface area contributed by atoms with Gasteiger partial charge in [0, 0.05) is 50.7 Å². The zero-order chi connectivity index (χ0) is 26.5. The Morgan fingerprint density at radius 1 is 1.05 bits per heavy atom. The Labute approximate surface area is 224 Å². The number of hydrogen-bond acceptors (Lipinski definition) is 6.